The third-order valence-electron chi connectivity index (χ3n) is 4.26. The lowest BCUT2D eigenvalue weighted by atomic mass is 10.1. The summed E-state index contributed by atoms with van der Waals surface area (Å²) >= 11 is 0. The number of amides is 1. The lowest BCUT2D eigenvalue weighted by Gasteiger charge is -2.40. The van der Waals surface area contributed by atoms with Gasteiger partial charge in [0.15, 0.2) is 0 Å². The maximum absolute atomic E-state index is 12.2. The van der Waals surface area contributed by atoms with Gasteiger partial charge in [-0.1, -0.05) is 12.1 Å². The zero-order valence-corrected chi connectivity index (χ0v) is 13.0. The summed E-state index contributed by atoms with van der Waals surface area (Å²) in [5, 5.41) is 0. The van der Waals surface area contributed by atoms with Gasteiger partial charge in [0.05, 0.1) is 13.2 Å². The van der Waals surface area contributed by atoms with E-state index >= 15 is 0 Å². The standard InChI is InChI=1S/C17H21N3O2/c1-13-18-9-10-20(13)15-11-19(12-15)17(21)8-5-14-3-6-16(22-2)7-4-14/h3-4,6-7,9-10,15H,5,8,11-12H2,1-2H3. The SMILES string of the molecule is COc1ccc(CCC(=O)N2CC(n3ccnc3C)C2)cc1. The number of nitrogens with zero attached hydrogens (tertiary/aromatic N) is 3. The summed E-state index contributed by atoms with van der Waals surface area (Å²) < 4.78 is 7.28. The van der Waals surface area contributed by atoms with Gasteiger partial charge in [0, 0.05) is 31.9 Å². The van der Waals surface area contributed by atoms with Crippen LogP contribution in [0.1, 0.15) is 23.9 Å². The van der Waals surface area contributed by atoms with E-state index in [1.54, 1.807) is 7.11 Å². The van der Waals surface area contributed by atoms with Crippen LogP contribution in [-0.2, 0) is 11.2 Å². The highest BCUT2D eigenvalue weighted by Gasteiger charge is 2.31. The lowest BCUT2D eigenvalue weighted by molar-refractivity contribution is -0.136. The number of imidazole rings is 1. The van der Waals surface area contributed by atoms with Gasteiger partial charge in [-0.25, -0.2) is 4.98 Å². The molecular weight excluding hydrogens is 278 g/mol. The maximum atomic E-state index is 12.2. The van der Waals surface area contributed by atoms with Gasteiger partial charge in [-0.3, -0.25) is 4.79 Å². The highest BCUT2D eigenvalue weighted by molar-refractivity contribution is 5.77. The van der Waals surface area contributed by atoms with Crippen molar-refractivity contribution in [2.75, 3.05) is 20.2 Å². The average molecular weight is 299 g/mol. The van der Waals surface area contributed by atoms with E-state index in [4.69, 9.17) is 4.74 Å². The number of ether oxygens (including phenoxy) is 1. The fourth-order valence-corrected chi connectivity index (χ4v) is 2.81. The Morgan fingerprint density at radius 3 is 2.64 bits per heavy atom. The van der Waals surface area contributed by atoms with Crippen LogP contribution >= 0.6 is 0 Å². The minimum Gasteiger partial charge on any atom is -0.497 e. The second-order valence-corrected chi connectivity index (χ2v) is 5.68. The van der Waals surface area contributed by atoms with Crippen molar-refractivity contribution in [1.29, 1.82) is 0 Å². The molecular formula is C17H21N3O2. The van der Waals surface area contributed by atoms with Crippen molar-refractivity contribution in [3.63, 3.8) is 0 Å². The van der Waals surface area contributed by atoms with Crippen LogP contribution in [0.25, 0.3) is 0 Å². The van der Waals surface area contributed by atoms with E-state index in [2.05, 4.69) is 9.55 Å². The van der Waals surface area contributed by atoms with Crippen LogP contribution < -0.4 is 4.74 Å². The molecule has 0 radical (unpaired) electrons. The second kappa shape index (κ2) is 6.22. The van der Waals surface area contributed by atoms with Crippen molar-refractivity contribution in [2.24, 2.45) is 0 Å². The number of rotatable bonds is 5. The summed E-state index contributed by atoms with van der Waals surface area (Å²) in [5.41, 5.74) is 1.16. The van der Waals surface area contributed by atoms with Crippen molar-refractivity contribution in [1.82, 2.24) is 14.5 Å². The number of hydrogen-bond acceptors (Lipinski definition) is 3. The molecule has 0 spiro atoms. The third kappa shape index (κ3) is 2.98. The zero-order chi connectivity index (χ0) is 15.5. The van der Waals surface area contributed by atoms with Gasteiger partial charge in [-0.15, -0.1) is 0 Å². The molecule has 0 unspecified atom stereocenters. The molecule has 3 rings (SSSR count). The molecule has 5 heteroatoms. The van der Waals surface area contributed by atoms with Crippen LogP contribution in [0.2, 0.25) is 0 Å². The first-order valence-electron chi connectivity index (χ1n) is 7.57. The van der Waals surface area contributed by atoms with Gasteiger partial charge in [0.1, 0.15) is 11.6 Å². The van der Waals surface area contributed by atoms with E-state index in [1.165, 1.54) is 0 Å². The first kappa shape index (κ1) is 14.6. The van der Waals surface area contributed by atoms with Crippen LogP contribution in [0.3, 0.4) is 0 Å². The van der Waals surface area contributed by atoms with Crippen LogP contribution in [0.5, 0.6) is 5.75 Å². The number of benzene rings is 1. The molecule has 1 amide bonds. The molecule has 0 bridgehead atoms. The summed E-state index contributed by atoms with van der Waals surface area (Å²) in [6.07, 6.45) is 5.12. The number of likely N-dealkylation sites (tertiary alicyclic amines) is 1. The maximum Gasteiger partial charge on any atom is 0.223 e. The molecule has 1 aromatic heterocycles. The van der Waals surface area contributed by atoms with Gasteiger partial charge in [0.25, 0.3) is 0 Å². The Balaban J connectivity index is 1.46. The van der Waals surface area contributed by atoms with Gasteiger partial charge >= 0.3 is 0 Å². The Labute approximate surface area is 130 Å². The number of carbonyl (C=O) groups excluding carboxylic acids is 1. The molecule has 1 fully saturated rings. The molecule has 0 atom stereocenters. The summed E-state index contributed by atoms with van der Waals surface area (Å²) in [5.74, 6) is 2.08. The van der Waals surface area contributed by atoms with E-state index in [1.807, 2.05) is 48.5 Å². The first-order valence-corrected chi connectivity index (χ1v) is 7.57. The predicted molar refractivity (Wildman–Crippen MR) is 83.9 cm³/mol. The van der Waals surface area contributed by atoms with Gasteiger partial charge in [-0.05, 0) is 31.0 Å². The molecule has 1 saturated heterocycles. The van der Waals surface area contributed by atoms with Gasteiger partial charge < -0.3 is 14.2 Å². The molecule has 0 saturated carbocycles. The van der Waals surface area contributed by atoms with Crippen molar-refractivity contribution in [2.45, 2.75) is 25.8 Å². The molecule has 116 valence electrons. The first-order chi connectivity index (χ1) is 10.7. The van der Waals surface area contributed by atoms with Gasteiger partial charge in [0.2, 0.25) is 5.91 Å². The van der Waals surface area contributed by atoms with Gasteiger partial charge in [-0.2, -0.15) is 0 Å². The Hall–Kier alpha value is -2.30. The number of methoxy groups -OCH3 is 1. The second-order valence-electron chi connectivity index (χ2n) is 5.68. The minimum atomic E-state index is 0.227. The van der Waals surface area contributed by atoms with Crippen molar-refractivity contribution < 1.29 is 9.53 Å². The highest BCUT2D eigenvalue weighted by Crippen LogP contribution is 2.23. The van der Waals surface area contributed by atoms with Crippen LogP contribution in [0, 0.1) is 6.92 Å². The number of carbonyl (C=O) groups is 1. The van der Waals surface area contributed by atoms with Crippen molar-refractivity contribution in [3.05, 3.63) is 48.0 Å². The molecule has 0 aliphatic carbocycles. The average Bonchev–Trinajstić information content (AvgIpc) is 2.90. The molecule has 1 aliphatic heterocycles. The molecule has 0 N–H and O–H groups in total. The predicted octanol–water partition coefficient (Wildman–Crippen LogP) is 2.22. The normalized spacial score (nSPS) is 14.7. The van der Waals surface area contributed by atoms with E-state index in [0.717, 1.165) is 36.6 Å². The zero-order valence-electron chi connectivity index (χ0n) is 13.0. The monoisotopic (exact) mass is 299 g/mol. The Morgan fingerprint density at radius 2 is 2.05 bits per heavy atom. The number of aryl methyl sites for hydroxylation is 2. The van der Waals surface area contributed by atoms with E-state index in [-0.39, 0.29) is 5.91 Å². The van der Waals surface area contributed by atoms with Crippen LogP contribution in [0.4, 0.5) is 0 Å². The Morgan fingerprint density at radius 1 is 1.32 bits per heavy atom. The summed E-state index contributed by atoms with van der Waals surface area (Å²) in [6, 6.07) is 8.27. The molecule has 1 aliphatic rings. The summed E-state index contributed by atoms with van der Waals surface area (Å²) in [4.78, 5) is 18.4. The molecule has 5 nitrogen and oxygen atoms in total. The Kier molecular flexibility index (Phi) is 4.13. The molecule has 2 heterocycles. The van der Waals surface area contributed by atoms with Crippen molar-refractivity contribution in [3.8, 4) is 5.75 Å². The molecule has 22 heavy (non-hydrogen) atoms. The van der Waals surface area contributed by atoms with Crippen LogP contribution in [-0.4, -0.2) is 40.6 Å². The summed E-state index contributed by atoms with van der Waals surface area (Å²) in [6.45, 7) is 3.57. The largest absolute Gasteiger partial charge is 0.497 e. The molecule has 2 aromatic rings. The fraction of sp³-hybridized carbons (Fsp3) is 0.412. The lowest BCUT2D eigenvalue weighted by Crippen LogP contribution is -2.50. The Bertz CT molecular complexity index is 642. The van der Waals surface area contributed by atoms with E-state index < -0.39 is 0 Å². The fourth-order valence-electron chi connectivity index (χ4n) is 2.81. The van der Waals surface area contributed by atoms with E-state index in [9.17, 15) is 4.79 Å². The summed E-state index contributed by atoms with van der Waals surface area (Å²) in [7, 11) is 1.65. The molecule has 1 aromatic carbocycles. The minimum absolute atomic E-state index is 0.227. The smallest absolute Gasteiger partial charge is 0.223 e. The number of aromatic nitrogens is 2. The topological polar surface area (TPSA) is 47.4 Å². The van der Waals surface area contributed by atoms with Crippen molar-refractivity contribution >= 4 is 5.91 Å². The quantitative estimate of drug-likeness (QED) is 0.850. The third-order valence-corrected chi connectivity index (χ3v) is 4.26. The highest BCUT2D eigenvalue weighted by atomic mass is 16.5. The van der Waals surface area contributed by atoms with E-state index in [0.29, 0.717) is 12.5 Å². The van der Waals surface area contributed by atoms with Crippen LogP contribution in [0.15, 0.2) is 36.7 Å². The number of hydrogen-bond donors (Lipinski definition) is 0.